The van der Waals surface area contributed by atoms with E-state index in [4.69, 9.17) is 18.5 Å². The van der Waals surface area contributed by atoms with Crippen LogP contribution in [-0.2, 0) is 32.3 Å². The van der Waals surface area contributed by atoms with Gasteiger partial charge in [0.1, 0.15) is 24.6 Å². The summed E-state index contributed by atoms with van der Waals surface area (Å²) < 4.78 is 20.6. The molecule has 4 rings (SSSR count). The molecular formula is C24H18N2O6. The van der Waals surface area contributed by atoms with E-state index in [1.807, 2.05) is 60.7 Å². The van der Waals surface area contributed by atoms with Crippen LogP contribution >= 0.6 is 0 Å². The molecule has 32 heavy (non-hydrogen) atoms. The van der Waals surface area contributed by atoms with Crippen molar-refractivity contribution in [2.24, 2.45) is 0 Å². The fraction of sp³-hybridized carbons (Fsp3) is 0.0833. The first kappa shape index (κ1) is 20.8. The zero-order valence-electron chi connectivity index (χ0n) is 16.8. The summed E-state index contributed by atoms with van der Waals surface area (Å²) in [5, 5.41) is 7.73. The Kier molecular flexibility index (Phi) is 6.52. The molecule has 0 amide bonds. The lowest BCUT2D eigenvalue weighted by atomic mass is 10.2. The second-order valence-corrected chi connectivity index (χ2v) is 6.65. The van der Waals surface area contributed by atoms with Gasteiger partial charge in [0, 0.05) is 35.4 Å². The maximum atomic E-state index is 11.8. The molecule has 0 aliphatic heterocycles. The van der Waals surface area contributed by atoms with Crippen LogP contribution in [0.15, 0.2) is 94.0 Å². The minimum atomic E-state index is -0.709. The maximum absolute atomic E-state index is 11.8. The molecule has 0 spiro atoms. The zero-order chi connectivity index (χ0) is 22.2. The minimum absolute atomic E-state index is 0.0875. The van der Waals surface area contributed by atoms with Crippen LogP contribution in [0.2, 0.25) is 0 Å². The Morgan fingerprint density at radius 3 is 1.50 bits per heavy atom. The number of nitrogens with zero attached hydrogens (tertiary/aromatic N) is 2. The van der Waals surface area contributed by atoms with E-state index in [0.29, 0.717) is 22.9 Å². The van der Waals surface area contributed by atoms with E-state index in [2.05, 4.69) is 10.3 Å². The average Bonchev–Trinajstić information content (AvgIpc) is 3.51. The molecule has 4 aromatic rings. The summed E-state index contributed by atoms with van der Waals surface area (Å²) in [4.78, 5) is 23.7. The first-order valence-electron chi connectivity index (χ1n) is 9.71. The van der Waals surface area contributed by atoms with Crippen molar-refractivity contribution in [1.29, 1.82) is 0 Å². The van der Waals surface area contributed by atoms with Gasteiger partial charge in [-0.1, -0.05) is 71.0 Å². The highest BCUT2D eigenvalue weighted by atomic mass is 16.5. The summed E-state index contributed by atoms with van der Waals surface area (Å²) in [6.45, 7) is -0.175. The van der Waals surface area contributed by atoms with Crippen LogP contribution in [0.4, 0.5) is 0 Å². The van der Waals surface area contributed by atoms with Crippen LogP contribution in [0.3, 0.4) is 0 Å². The number of aromatic nitrogens is 2. The van der Waals surface area contributed by atoms with Crippen molar-refractivity contribution < 1.29 is 28.1 Å². The quantitative estimate of drug-likeness (QED) is 0.300. The summed E-state index contributed by atoms with van der Waals surface area (Å²) in [6.07, 6.45) is 1.97. The van der Waals surface area contributed by atoms with E-state index in [9.17, 15) is 9.59 Å². The second kappa shape index (κ2) is 10.0. The highest BCUT2D eigenvalue weighted by Gasteiger charge is 2.10. The first-order valence-corrected chi connectivity index (χ1v) is 9.71. The average molecular weight is 430 g/mol. The number of carbonyl (C=O) groups excluding carboxylic acids is 2. The van der Waals surface area contributed by atoms with Crippen LogP contribution in [-0.4, -0.2) is 22.3 Å². The number of hydrogen-bond donors (Lipinski definition) is 0. The van der Waals surface area contributed by atoms with Gasteiger partial charge in [0.25, 0.3) is 0 Å². The van der Waals surface area contributed by atoms with Crippen molar-refractivity contribution >= 4 is 11.9 Å². The lowest BCUT2D eigenvalue weighted by Crippen LogP contribution is -2.05. The Morgan fingerprint density at radius 2 is 1.09 bits per heavy atom. The molecule has 2 aromatic carbocycles. The van der Waals surface area contributed by atoms with Crippen molar-refractivity contribution in [3.63, 3.8) is 0 Å². The first-order chi connectivity index (χ1) is 15.7. The zero-order valence-corrected chi connectivity index (χ0v) is 16.8. The third kappa shape index (κ3) is 5.57. The molecule has 0 aliphatic rings. The van der Waals surface area contributed by atoms with Crippen LogP contribution in [0, 0.1) is 0 Å². The fourth-order valence-electron chi connectivity index (χ4n) is 2.76. The van der Waals surface area contributed by atoms with Gasteiger partial charge < -0.3 is 18.5 Å². The van der Waals surface area contributed by atoms with E-state index in [0.717, 1.165) is 23.3 Å². The number of carbonyl (C=O) groups is 2. The van der Waals surface area contributed by atoms with Crippen LogP contribution < -0.4 is 0 Å². The van der Waals surface area contributed by atoms with Gasteiger partial charge in [0.2, 0.25) is 0 Å². The normalized spacial score (nSPS) is 10.9. The maximum Gasteiger partial charge on any atom is 0.331 e. The van der Waals surface area contributed by atoms with E-state index in [1.54, 1.807) is 12.1 Å². The minimum Gasteiger partial charge on any atom is -0.456 e. The van der Waals surface area contributed by atoms with E-state index in [1.165, 1.54) is 0 Å². The second-order valence-electron chi connectivity index (χ2n) is 6.65. The van der Waals surface area contributed by atoms with E-state index < -0.39 is 11.9 Å². The Balaban J connectivity index is 1.21. The third-order valence-corrected chi connectivity index (χ3v) is 4.31. The van der Waals surface area contributed by atoms with E-state index >= 15 is 0 Å². The van der Waals surface area contributed by atoms with Crippen molar-refractivity contribution in [3.05, 3.63) is 96.3 Å². The largest absolute Gasteiger partial charge is 0.456 e. The number of esters is 2. The molecule has 0 N–H and O–H groups in total. The van der Waals surface area contributed by atoms with Gasteiger partial charge in [-0.05, 0) is 0 Å². The summed E-state index contributed by atoms with van der Waals surface area (Å²) in [5.41, 5.74) is 2.63. The summed E-state index contributed by atoms with van der Waals surface area (Å²) in [5.74, 6) is -0.281. The molecule has 0 bridgehead atoms. The molecule has 2 aromatic heterocycles. The van der Waals surface area contributed by atoms with Crippen LogP contribution in [0.5, 0.6) is 0 Å². The van der Waals surface area contributed by atoms with Crippen LogP contribution in [0.1, 0.15) is 11.4 Å². The molecule has 160 valence electrons. The third-order valence-electron chi connectivity index (χ3n) is 4.31. The van der Waals surface area contributed by atoms with Crippen LogP contribution in [0.25, 0.3) is 22.6 Å². The Morgan fingerprint density at radius 1 is 0.688 bits per heavy atom. The molecule has 0 saturated heterocycles. The predicted octanol–water partition coefficient (Wildman–Crippen LogP) is 4.34. The van der Waals surface area contributed by atoms with Crippen molar-refractivity contribution in [2.45, 2.75) is 13.2 Å². The standard InChI is InChI=1S/C24H18N2O6/c27-23(29-15-19-13-21(31-25-19)17-7-3-1-4-8-17)11-12-24(28)30-16-20-14-22(32-26-20)18-9-5-2-6-10-18/h1-14H,15-16H2/b12-11+. The Bertz CT molecular complexity index is 1120. The van der Waals surface area contributed by atoms with Gasteiger partial charge in [0.05, 0.1) is 0 Å². The summed E-state index contributed by atoms with van der Waals surface area (Å²) in [6, 6.07) is 22.2. The topological polar surface area (TPSA) is 105 Å². The SMILES string of the molecule is O=C(/C=C/C(=O)OCc1cc(-c2ccccc2)on1)OCc1cc(-c2ccccc2)on1. The van der Waals surface area contributed by atoms with Crippen molar-refractivity contribution in [1.82, 2.24) is 10.3 Å². The molecule has 0 aliphatic carbocycles. The number of ether oxygens (including phenoxy) is 2. The van der Waals surface area contributed by atoms with Gasteiger partial charge >= 0.3 is 11.9 Å². The molecule has 0 fully saturated rings. The molecule has 0 atom stereocenters. The Hall–Kier alpha value is -4.46. The van der Waals surface area contributed by atoms with Gasteiger partial charge in [-0.3, -0.25) is 0 Å². The van der Waals surface area contributed by atoms with Gasteiger partial charge in [0.15, 0.2) is 11.5 Å². The molecule has 8 heteroatoms. The molecule has 8 nitrogen and oxygen atoms in total. The smallest absolute Gasteiger partial charge is 0.331 e. The highest BCUT2D eigenvalue weighted by molar-refractivity contribution is 5.91. The fourth-order valence-corrected chi connectivity index (χ4v) is 2.76. The summed E-state index contributed by atoms with van der Waals surface area (Å²) in [7, 11) is 0. The van der Waals surface area contributed by atoms with Crippen molar-refractivity contribution in [2.75, 3.05) is 0 Å². The highest BCUT2D eigenvalue weighted by Crippen LogP contribution is 2.21. The molecule has 0 saturated carbocycles. The molecule has 0 radical (unpaired) electrons. The predicted molar refractivity (Wildman–Crippen MR) is 113 cm³/mol. The van der Waals surface area contributed by atoms with Gasteiger partial charge in [-0.2, -0.15) is 0 Å². The van der Waals surface area contributed by atoms with Gasteiger partial charge in [-0.15, -0.1) is 0 Å². The lowest BCUT2D eigenvalue weighted by molar-refractivity contribution is -0.141. The summed E-state index contributed by atoms with van der Waals surface area (Å²) >= 11 is 0. The number of benzene rings is 2. The molecule has 0 unspecified atom stereocenters. The number of rotatable bonds is 8. The lowest BCUT2D eigenvalue weighted by Gasteiger charge is -1.99. The van der Waals surface area contributed by atoms with Gasteiger partial charge in [-0.25, -0.2) is 9.59 Å². The Labute approximate surface area is 183 Å². The number of hydrogen-bond acceptors (Lipinski definition) is 8. The van der Waals surface area contributed by atoms with E-state index in [-0.39, 0.29) is 13.2 Å². The molecule has 2 heterocycles. The monoisotopic (exact) mass is 430 g/mol. The van der Waals surface area contributed by atoms with Crippen molar-refractivity contribution in [3.8, 4) is 22.6 Å². The molecular weight excluding hydrogens is 412 g/mol.